The molecule has 4 rings (SSSR count). The number of hydrogen-bond donors (Lipinski definition) is 0. The third-order valence-electron chi connectivity index (χ3n) is 5.49. The molecule has 2 aliphatic rings. The van der Waals surface area contributed by atoms with Gasteiger partial charge in [0, 0.05) is 38.4 Å². The second-order valence-electron chi connectivity index (χ2n) is 7.64. The van der Waals surface area contributed by atoms with E-state index >= 15 is 0 Å². The molecule has 150 valence electrons. The van der Waals surface area contributed by atoms with E-state index in [0.29, 0.717) is 31.9 Å². The maximum atomic E-state index is 12.8. The zero-order valence-corrected chi connectivity index (χ0v) is 17.0. The summed E-state index contributed by atoms with van der Waals surface area (Å²) in [6.45, 7) is 4.27. The number of sulfonamides is 1. The van der Waals surface area contributed by atoms with Crippen LogP contribution in [0.2, 0.25) is 0 Å². The largest absolute Gasteiger partial charge is 0.335 e. The number of benzene rings is 1. The topological polar surface area (TPSA) is 75.5 Å². The molecule has 0 unspecified atom stereocenters. The van der Waals surface area contributed by atoms with Crippen LogP contribution in [0.4, 0.5) is 0 Å². The summed E-state index contributed by atoms with van der Waals surface area (Å²) in [5, 5.41) is 4.45. The third-order valence-corrected chi connectivity index (χ3v) is 7.34. The summed E-state index contributed by atoms with van der Waals surface area (Å²) in [4.78, 5) is 14.5. The Morgan fingerprint density at radius 3 is 2.57 bits per heavy atom. The molecular weight excluding hydrogens is 376 g/mol. The van der Waals surface area contributed by atoms with Crippen molar-refractivity contribution in [3.05, 3.63) is 52.8 Å². The van der Waals surface area contributed by atoms with Crippen molar-refractivity contribution in [2.45, 2.75) is 38.5 Å². The predicted molar refractivity (Wildman–Crippen MR) is 106 cm³/mol. The summed E-state index contributed by atoms with van der Waals surface area (Å²) < 4.78 is 28.9. The van der Waals surface area contributed by atoms with E-state index < -0.39 is 10.0 Å². The van der Waals surface area contributed by atoms with Gasteiger partial charge in [-0.3, -0.25) is 9.48 Å². The Bertz CT molecular complexity index is 952. The Kier molecular flexibility index (Phi) is 5.25. The zero-order chi connectivity index (χ0) is 19.7. The molecule has 1 saturated heterocycles. The number of aryl methyl sites for hydroxylation is 3. The number of carbonyl (C=O) groups is 1. The molecule has 28 heavy (non-hydrogen) atoms. The zero-order valence-electron chi connectivity index (χ0n) is 16.2. The van der Waals surface area contributed by atoms with Gasteiger partial charge in [0.1, 0.15) is 0 Å². The van der Waals surface area contributed by atoms with Crippen LogP contribution in [0.25, 0.3) is 0 Å². The highest BCUT2D eigenvalue weighted by atomic mass is 32.2. The summed E-state index contributed by atoms with van der Waals surface area (Å²) in [6, 6.07) is 9.46. The molecule has 1 aromatic heterocycles. The lowest BCUT2D eigenvalue weighted by Crippen LogP contribution is -2.50. The highest BCUT2D eigenvalue weighted by molar-refractivity contribution is 7.88. The number of aromatic nitrogens is 2. The van der Waals surface area contributed by atoms with E-state index in [4.69, 9.17) is 0 Å². The standard InChI is InChI=1S/C20H26N4O3S/c1-16-5-4-6-17(13-16)15-28(26,27)23-11-9-22(10-12-23)20(25)19-14-18-7-2-3-8-24(18)21-19/h4-6,13-14H,2-3,7-12,15H2,1H3. The fraction of sp³-hybridized carbons (Fsp3) is 0.500. The van der Waals surface area contributed by atoms with Crippen molar-refractivity contribution >= 4 is 15.9 Å². The van der Waals surface area contributed by atoms with Crippen LogP contribution < -0.4 is 0 Å². The first kappa shape index (κ1) is 19.1. The van der Waals surface area contributed by atoms with Crippen molar-refractivity contribution < 1.29 is 13.2 Å². The molecule has 0 bridgehead atoms. The molecule has 0 saturated carbocycles. The molecule has 0 aliphatic carbocycles. The molecule has 0 atom stereocenters. The molecule has 2 aliphatic heterocycles. The summed E-state index contributed by atoms with van der Waals surface area (Å²) in [5.41, 5.74) is 3.44. The van der Waals surface area contributed by atoms with Gasteiger partial charge in [0.25, 0.3) is 5.91 Å². The third kappa shape index (κ3) is 3.98. The van der Waals surface area contributed by atoms with Crippen molar-refractivity contribution in [3.63, 3.8) is 0 Å². The minimum Gasteiger partial charge on any atom is -0.335 e. The van der Waals surface area contributed by atoms with Gasteiger partial charge in [-0.05, 0) is 37.8 Å². The molecule has 1 fully saturated rings. The summed E-state index contributed by atoms with van der Waals surface area (Å²) in [7, 11) is -3.39. The Morgan fingerprint density at radius 2 is 1.86 bits per heavy atom. The Morgan fingerprint density at radius 1 is 1.07 bits per heavy atom. The van der Waals surface area contributed by atoms with Gasteiger partial charge in [0.15, 0.2) is 5.69 Å². The van der Waals surface area contributed by atoms with Crippen molar-refractivity contribution in [1.82, 2.24) is 19.0 Å². The van der Waals surface area contributed by atoms with Gasteiger partial charge < -0.3 is 4.90 Å². The fourth-order valence-corrected chi connectivity index (χ4v) is 5.46. The maximum Gasteiger partial charge on any atom is 0.274 e. The van der Waals surface area contributed by atoms with Crippen molar-refractivity contribution in [2.75, 3.05) is 26.2 Å². The normalized spacial score (nSPS) is 18.1. The summed E-state index contributed by atoms with van der Waals surface area (Å²) in [6.07, 6.45) is 3.20. The number of piperazine rings is 1. The SMILES string of the molecule is Cc1cccc(CS(=O)(=O)N2CCN(C(=O)c3cc4n(n3)CCCC4)CC2)c1. The predicted octanol–water partition coefficient (Wildman–Crippen LogP) is 1.82. The number of fused-ring (bicyclic) bond motifs is 1. The van der Waals surface area contributed by atoms with E-state index in [1.54, 1.807) is 4.90 Å². The van der Waals surface area contributed by atoms with Crippen LogP contribution in [-0.4, -0.2) is 59.5 Å². The maximum absolute atomic E-state index is 12.8. The molecule has 0 radical (unpaired) electrons. The van der Waals surface area contributed by atoms with E-state index in [1.165, 1.54) is 4.31 Å². The van der Waals surface area contributed by atoms with E-state index in [9.17, 15) is 13.2 Å². The Labute approximate surface area is 166 Å². The van der Waals surface area contributed by atoms with Crippen molar-refractivity contribution in [1.29, 1.82) is 0 Å². The quantitative estimate of drug-likeness (QED) is 0.782. The van der Waals surface area contributed by atoms with Gasteiger partial charge in [-0.25, -0.2) is 8.42 Å². The Hall–Kier alpha value is -2.19. The highest BCUT2D eigenvalue weighted by Crippen LogP contribution is 2.18. The second-order valence-corrected chi connectivity index (χ2v) is 9.61. The highest BCUT2D eigenvalue weighted by Gasteiger charge is 2.30. The first-order valence-corrected chi connectivity index (χ1v) is 11.4. The molecular formula is C20H26N4O3S. The lowest BCUT2D eigenvalue weighted by molar-refractivity contribution is 0.0691. The van der Waals surface area contributed by atoms with Crippen LogP contribution in [0.15, 0.2) is 30.3 Å². The fourth-order valence-electron chi connectivity index (χ4n) is 3.96. The van der Waals surface area contributed by atoms with Crippen molar-refractivity contribution in [3.8, 4) is 0 Å². The van der Waals surface area contributed by atoms with Gasteiger partial charge in [0.05, 0.1) is 5.75 Å². The van der Waals surface area contributed by atoms with Gasteiger partial charge in [-0.15, -0.1) is 0 Å². The second kappa shape index (κ2) is 7.67. The van der Waals surface area contributed by atoms with Crippen LogP contribution in [0.1, 0.15) is 40.2 Å². The van der Waals surface area contributed by atoms with Crippen LogP contribution in [0.5, 0.6) is 0 Å². The van der Waals surface area contributed by atoms with Crippen LogP contribution in [0, 0.1) is 6.92 Å². The lowest BCUT2D eigenvalue weighted by Gasteiger charge is -2.33. The minimum absolute atomic E-state index is 0.00358. The van der Waals surface area contributed by atoms with E-state index in [2.05, 4.69) is 5.10 Å². The first-order valence-electron chi connectivity index (χ1n) is 9.82. The summed E-state index contributed by atoms with van der Waals surface area (Å²) in [5.74, 6) is -0.103. The average molecular weight is 403 g/mol. The first-order chi connectivity index (χ1) is 13.4. The van der Waals surface area contributed by atoms with Crippen LogP contribution in [-0.2, 0) is 28.7 Å². The molecule has 3 heterocycles. The number of rotatable bonds is 4. The number of amides is 1. The monoisotopic (exact) mass is 402 g/mol. The van der Waals surface area contributed by atoms with E-state index in [0.717, 1.165) is 42.6 Å². The van der Waals surface area contributed by atoms with Crippen molar-refractivity contribution in [2.24, 2.45) is 0 Å². The van der Waals surface area contributed by atoms with Crippen LogP contribution in [0.3, 0.4) is 0 Å². The number of nitrogens with zero attached hydrogens (tertiary/aromatic N) is 4. The molecule has 1 aromatic carbocycles. The van der Waals surface area contributed by atoms with Gasteiger partial charge in [0.2, 0.25) is 10.0 Å². The smallest absolute Gasteiger partial charge is 0.274 e. The number of carbonyl (C=O) groups excluding carboxylic acids is 1. The molecule has 1 amide bonds. The van der Waals surface area contributed by atoms with Crippen LogP contribution >= 0.6 is 0 Å². The van der Waals surface area contributed by atoms with E-state index in [-0.39, 0.29) is 11.7 Å². The Balaban J connectivity index is 1.38. The molecule has 0 spiro atoms. The van der Waals surface area contributed by atoms with Gasteiger partial charge >= 0.3 is 0 Å². The summed E-state index contributed by atoms with van der Waals surface area (Å²) >= 11 is 0. The van der Waals surface area contributed by atoms with Gasteiger partial charge in [-0.2, -0.15) is 9.40 Å². The molecule has 0 N–H and O–H groups in total. The van der Waals surface area contributed by atoms with Gasteiger partial charge in [-0.1, -0.05) is 29.8 Å². The molecule has 7 nitrogen and oxygen atoms in total. The minimum atomic E-state index is -3.39. The lowest BCUT2D eigenvalue weighted by atomic mass is 10.1. The molecule has 8 heteroatoms. The average Bonchev–Trinajstić information content (AvgIpc) is 3.11. The molecule has 2 aromatic rings. The van der Waals surface area contributed by atoms with E-state index in [1.807, 2.05) is 41.9 Å². The number of hydrogen-bond acceptors (Lipinski definition) is 4.